The Morgan fingerprint density at radius 1 is 1.32 bits per heavy atom. The summed E-state index contributed by atoms with van der Waals surface area (Å²) in [4.78, 5) is 14.9. The average molecular weight is 430 g/mol. The largest absolute Gasteiger partial charge is 0.467 e. The van der Waals surface area contributed by atoms with Gasteiger partial charge in [0, 0.05) is 19.6 Å². The minimum Gasteiger partial charge on any atom is -0.467 e. The lowest BCUT2D eigenvalue weighted by Gasteiger charge is -2.37. The number of amides is 1. The highest BCUT2D eigenvalue weighted by atomic mass is 35.5. The number of carbonyl (C=O) groups excluding carboxylic acids is 1. The first kappa shape index (κ1) is 24.5. The van der Waals surface area contributed by atoms with E-state index in [4.69, 9.17) is 14.9 Å². The predicted octanol–water partition coefficient (Wildman–Crippen LogP) is 2.99. The van der Waals surface area contributed by atoms with Gasteiger partial charge in [0.05, 0.1) is 30.9 Å². The number of hydrogen-bond donors (Lipinski definition) is 2. The van der Waals surface area contributed by atoms with Crippen LogP contribution in [0.2, 0.25) is 0 Å². The molecule has 2 aromatic rings. The second-order valence-corrected chi connectivity index (χ2v) is 6.62. The van der Waals surface area contributed by atoms with Gasteiger partial charge < -0.3 is 20.2 Å². The number of hydrogen-bond acceptors (Lipinski definition) is 5. The van der Waals surface area contributed by atoms with Gasteiger partial charge in [0.2, 0.25) is 0 Å². The Balaban J connectivity index is 0.00000196. The van der Waals surface area contributed by atoms with Crippen LogP contribution >= 0.6 is 24.8 Å². The van der Waals surface area contributed by atoms with Crippen LogP contribution in [-0.4, -0.2) is 42.6 Å². The zero-order valence-corrected chi connectivity index (χ0v) is 17.6. The minimum absolute atomic E-state index is 0. The fourth-order valence-corrected chi connectivity index (χ4v) is 3.28. The number of ether oxygens (including phenoxy) is 1. The second-order valence-electron chi connectivity index (χ2n) is 6.62. The van der Waals surface area contributed by atoms with E-state index >= 15 is 0 Å². The van der Waals surface area contributed by atoms with Crippen LogP contribution in [0.4, 0.5) is 0 Å². The maximum atomic E-state index is 12.5. The Hall–Kier alpha value is -1.57. The first-order chi connectivity index (χ1) is 12.7. The fraction of sp³-hybridized carbons (Fsp3) is 0.450. The summed E-state index contributed by atoms with van der Waals surface area (Å²) in [6.45, 7) is 5.61. The van der Waals surface area contributed by atoms with Crippen LogP contribution in [-0.2, 0) is 17.8 Å². The monoisotopic (exact) mass is 429 g/mol. The van der Waals surface area contributed by atoms with Gasteiger partial charge in [0.25, 0.3) is 5.91 Å². The summed E-state index contributed by atoms with van der Waals surface area (Å²) in [6, 6.07) is 12.1. The Bertz CT molecular complexity index is 712. The normalized spacial score (nSPS) is 17.9. The van der Waals surface area contributed by atoms with E-state index in [-0.39, 0.29) is 49.4 Å². The summed E-state index contributed by atoms with van der Waals surface area (Å²) in [6.07, 6.45) is 2.23. The highest BCUT2D eigenvalue weighted by Gasteiger charge is 2.28. The van der Waals surface area contributed by atoms with Gasteiger partial charge >= 0.3 is 0 Å². The number of furan rings is 1. The number of carbonyl (C=O) groups is 1. The van der Waals surface area contributed by atoms with Crippen LogP contribution < -0.4 is 11.1 Å². The molecule has 0 aliphatic carbocycles. The maximum Gasteiger partial charge on any atom is 0.254 e. The average Bonchev–Trinajstić information content (AvgIpc) is 3.16. The number of rotatable bonds is 7. The van der Waals surface area contributed by atoms with Crippen molar-refractivity contribution in [2.45, 2.75) is 38.6 Å². The van der Waals surface area contributed by atoms with E-state index in [9.17, 15) is 4.79 Å². The molecule has 0 spiro atoms. The van der Waals surface area contributed by atoms with Crippen molar-refractivity contribution in [3.05, 3.63) is 59.5 Å². The molecule has 0 bridgehead atoms. The number of morpholine rings is 1. The molecule has 2 unspecified atom stereocenters. The molecule has 1 aliphatic rings. The summed E-state index contributed by atoms with van der Waals surface area (Å²) in [7, 11) is 0. The summed E-state index contributed by atoms with van der Waals surface area (Å²) < 4.78 is 11.2. The quantitative estimate of drug-likeness (QED) is 0.706. The number of halogens is 2. The van der Waals surface area contributed by atoms with Crippen LogP contribution in [0.3, 0.4) is 0 Å². The Morgan fingerprint density at radius 2 is 2.07 bits per heavy atom. The third kappa shape index (κ3) is 6.50. The molecule has 6 nitrogen and oxygen atoms in total. The Morgan fingerprint density at radius 3 is 2.71 bits per heavy atom. The number of nitrogens with zero attached hydrogens (tertiary/aromatic N) is 1. The van der Waals surface area contributed by atoms with Crippen molar-refractivity contribution in [3.63, 3.8) is 0 Å². The van der Waals surface area contributed by atoms with Crippen LogP contribution in [0.25, 0.3) is 0 Å². The molecule has 0 radical (unpaired) electrons. The van der Waals surface area contributed by atoms with E-state index in [1.807, 2.05) is 6.07 Å². The third-order valence-corrected chi connectivity index (χ3v) is 4.75. The van der Waals surface area contributed by atoms with Gasteiger partial charge in [-0.3, -0.25) is 9.69 Å². The van der Waals surface area contributed by atoms with Gasteiger partial charge in [-0.15, -0.1) is 24.8 Å². The number of nitrogens with one attached hydrogen (secondary N) is 1. The Labute approximate surface area is 178 Å². The SMILES string of the molecule is CCC(NC(=O)c1coc(CN)c1)C1CN(Cc2ccccc2)CCO1.Cl.Cl. The molecule has 1 saturated heterocycles. The molecule has 2 atom stereocenters. The molecular weight excluding hydrogens is 401 g/mol. The highest BCUT2D eigenvalue weighted by molar-refractivity contribution is 5.94. The van der Waals surface area contributed by atoms with Gasteiger partial charge in [-0.05, 0) is 18.1 Å². The minimum atomic E-state index is -0.149. The molecule has 3 N–H and O–H groups in total. The predicted molar refractivity (Wildman–Crippen MR) is 114 cm³/mol. The lowest BCUT2D eigenvalue weighted by molar-refractivity contribution is -0.0483. The van der Waals surface area contributed by atoms with Crippen molar-refractivity contribution in [2.24, 2.45) is 5.73 Å². The molecule has 8 heteroatoms. The van der Waals surface area contributed by atoms with E-state index in [0.29, 0.717) is 17.9 Å². The topological polar surface area (TPSA) is 80.7 Å². The van der Waals surface area contributed by atoms with E-state index < -0.39 is 0 Å². The van der Waals surface area contributed by atoms with Crippen molar-refractivity contribution < 1.29 is 13.9 Å². The fourth-order valence-electron chi connectivity index (χ4n) is 3.28. The third-order valence-electron chi connectivity index (χ3n) is 4.75. The van der Waals surface area contributed by atoms with Gasteiger partial charge in [-0.25, -0.2) is 0 Å². The van der Waals surface area contributed by atoms with E-state index in [1.165, 1.54) is 11.8 Å². The first-order valence-electron chi connectivity index (χ1n) is 9.15. The zero-order chi connectivity index (χ0) is 18.4. The maximum absolute atomic E-state index is 12.5. The molecule has 1 aliphatic heterocycles. The molecule has 1 amide bonds. The first-order valence-corrected chi connectivity index (χ1v) is 9.15. The standard InChI is InChI=1S/C20H27N3O3.2ClH/c1-2-18(22-20(24)16-10-17(11-21)26-14-16)19-13-23(8-9-25-19)12-15-6-4-3-5-7-15;;/h3-7,10,14,18-19H,2,8-9,11-13,21H2,1H3,(H,22,24);2*1H. The van der Waals surface area contributed by atoms with Crippen LogP contribution in [0.15, 0.2) is 47.1 Å². The number of benzene rings is 1. The van der Waals surface area contributed by atoms with Crippen molar-refractivity contribution >= 4 is 30.7 Å². The van der Waals surface area contributed by atoms with Crippen molar-refractivity contribution in [2.75, 3.05) is 19.7 Å². The van der Waals surface area contributed by atoms with Gasteiger partial charge in [0.1, 0.15) is 12.0 Å². The van der Waals surface area contributed by atoms with Gasteiger partial charge in [-0.2, -0.15) is 0 Å². The van der Waals surface area contributed by atoms with Crippen LogP contribution in [0, 0.1) is 0 Å². The smallest absolute Gasteiger partial charge is 0.254 e. The molecule has 156 valence electrons. The molecule has 1 aromatic heterocycles. The lowest BCUT2D eigenvalue weighted by atomic mass is 10.1. The molecule has 2 heterocycles. The lowest BCUT2D eigenvalue weighted by Crippen LogP contribution is -2.53. The van der Waals surface area contributed by atoms with E-state index in [1.54, 1.807) is 6.07 Å². The summed E-state index contributed by atoms with van der Waals surface area (Å²) in [5, 5.41) is 3.08. The van der Waals surface area contributed by atoms with E-state index in [2.05, 4.69) is 41.4 Å². The van der Waals surface area contributed by atoms with Crippen molar-refractivity contribution in [1.29, 1.82) is 0 Å². The zero-order valence-electron chi connectivity index (χ0n) is 16.0. The molecule has 3 rings (SSSR count). The van der Waals surface area contributed by atoms with E-state index in [0.717, 1.165) is 26.1 Å². The van der Waals surface area contributed by atoms with Crippen LogP contribution in [0.5, 0.6) is 0 Å². The van der Waals surface area contributed by atoms with Gasteiger partial charge in [0.15, 0.2) is 0 Å². The summed E-state index contributed by atoms with van der Waals surface area (Å²) >= 11 is 0. The highest BCUT2D eigenvalue weighted by Crippen LogP contribution is 2.15. The molecule has 28 heavy (non-hydrogen) atoms. The molecular formula is C20H29Cl2N3O3. The summed E-state index contributed by atoms with van der Waals surface area (Å²) in [5.74, 6) is 0.454. The van der Waals surface area contributed by atoms with Gasteiger partial charge in [-0.1, -0.05) is 37.3 Å². The molecule has 1 fully saturated rings. The Kier molecular flexibility index (Phi) is 10.6. The van der Waals surface area contributed by atoms with Crippen molar-refractivity contribution in [1.82, 2.24) is 10.2 Å². The summed E-state index contributed by atoms with van der Waals surface area (Å²) in [5.41, 5.74) is 7.33. The molecule has 1 aromatic carbocycles. The number of nitrogens with two attached hydrogens (primary N) is 1. The van der Waals surface area contributed by atoms with Crippen LogP contribution in [0.1, 0.15) is 35.0 Å². The van der Waals surface area contributed by atoms with Crippen molar-refractivity contribution in [3.8, 4) is 0 Å². The second kappa shape index (κ2) is 12.1. The molecule has 0 saturated carbocycles.